The molecular formula is C25H33FN7O7P. The molecule has 3 aromatic rings. The molecule has 7 atom stereocenters. The van der Waals surface area contributed by atoms with E-state index in [2.05, 4.69) is 20.0 Å². The minimum Gasteiger partial charge on any atom is -0.468 e. The van der Waals surface area contributed by atoms with E-state index in [1.165, 1.54) is 37.1 Å². The second kappa shape index (κ2) is 10.5. The van der Waals surface area contributed by atoms with Crippen molar-refractivity contribution in [3.63, 3.8) is 0 Å². The standard InChI is InChI=1S/C25H33FN7O7P/c1-6-32(7-2)19-16-20(30-23(27)29-19)33(13-28-16)22-24(4,26)25(35)17(38-22)18(25)40-41(36,31-14(3)21(34)37-5)39-15-11-9-8-10-12-15/h8-14,17-18,22,35H,6-7H2,1-5H3,(H,31,36)(H2,27,29,30)/t14-,17+,18?,22+,24-,25-,41?/m0/s1. The average molecular weight is 594 g/mol. The summed E-state index contributed by atoms with van der Waals surface area (Å²) in [5.41, 5.74) is 1.90. The Morgan fingerprint density at radius 1 is 1.32 bits per heavy atom. The van der Waals surface area contributed by atoms with E-state index in [9.17, 15) is 14.5 Å². The van der Waals surface area contributed by atoms with Crippen molar-refractivity contribution in [2.45, 2.75) is 63.4 Å². The van der Waals surface area contributed by atoms with Gasteiger partial charge < -0.3 is 29.7 Å². The van der Waals surface area contributed by atoms with Gasteiger partial charge in [-0.15, -0.1) is 0 Å². The van der Waals surface area contributed by atoms with Crippen molar-refractivity contribution in [3.8, 4) is 5.75 Å². The summed E-state index contributed by atoms with van der Waals surface area (Å²) in [4.78, 5) is 26.9. The van der Waals surface area contributed by atoms with Crippen LogP contribution in [-0.4, -0.2) is 80.3 Å². The molecule has 222 valence electrons. The summed E-state index contributed by atoms with van der Waals surface area (Å²) >= 11 is 0. The highest BCUT2D eigenvalue weighted by atomic mass is 31.2. The van der Waals surface area contributed by atoms with Gasteiger partial charge in [0.2, 0.25) is 5.95 Å². The number of carbonyl (C=O) groups is 1. The van der Waals surface area contributed by atoms with E-state index in [-0.39, 0.29) is 17.3 Å². The summed E-state index contributed by atoms with van der Waals surface area (Å²) in [6, 6.07) is 6.95. The molecule has 1 aromatic carbocycles. The van der Waals surface area contributed by atoms with Gasteiger partial charge in [0, 0.05) is 13.1 Å². The van der Waals surface area contributed by atoms with E-state index in [1.54, 1.807) is 18.2 Å². The number of benzene rings is 1. The first-order chi connectivity index (χ1) is 19.4. The van der Waals surface area contributed by atoms with Crippen LogP contribution in [0.25, 0.3) is 11.2 Å². The highest BCUT2D eigenvalue weighted by Crippen LogP contribution is 2.66. The topological polar surface area (TPSA) is 176 Å². The van der Waals surface area contributed by atoms with Crippen molar-refractivity contribution in [1.82, 2.24) is 24.6 Å². The molecule has 1 saturated carbocycles. The van der Waals surface area contributed by atoms with Crippen molar-refractivity contribution in [2.24, 2.45) is 0 Å². The Labute approximate surface area is 235 Å². The van der Waals surface area contributed by atoms with Crippen molar-refractivity contribution >= 4 is 36.6 Å². The lowest BCUT2D eigenvalue weighted by Crippen LogP contribution is -2.45. The molecule has 0 amide bonds. The highest BCUT2D eigenvalue weighted by Gasteiger charge is 2.85. The number of carbonyl (C=O) groups excluding carboxylic acids is 1. The monoisotopic (exact) mass is 593 g/mol. The molecule has 1 aliphatic heterocycles. The first-order valence-corrected chi connectivity index (χ1v) is 14.6. The number of imidazole rings is 1. The zero-order valence-corrected chi connectivity index (χ0v) is 24.1. The summed E-state index contributed by atoms with van der Waals surface area (Å²) in [5, 5.41) is 14.0. The van der Waals surface area contributed by atoms with Gasteiger partial charge in [0.05, 0.1) is 13.4 Å². The fourth-order valence-corrected chi connectivity index (χ4v) is 6.83. The molecule has 0 spiro atoms. The number of aliphatic hydroxyl groups is 1. The number of hydrogen-bond acceptors (Lipinski definition) is 12. The van der Waals surface area contributed by atoms with Crippen molar-refractivity contribution < 1.29 is 37.4 Å². The molecule has 1 aliphatic carbocycles. The van der Waals surface area contributed by atoms with Crippen molar-refractivity contribution in [3.05, 3.63) is 36.7 Å². The molecule has 0 bridgehead atoms. The molecule has 4 N–H and O–H groups in total. The minimum absolute atomic E-state index is 0.0328. The number of aromatic nitrogens is 4. The third-order valence-electron chi connectivity index (χ3n) is 7.42. The largest absolute Gasteiger partial charge is 0.468 e. The predicted molar refractivity (Wildman–Crippen MR) is 146 cm³/mol. The van der Waals surface area contributed by atoms with Gasteiger partial charge in [0.15, 0.2) is 34.5 Å². The van der Waals surface area contributed by atoms with Crippen molar-refractivity contribution in [1.29, 1.82) is 0 Å². The number of anilines is 2. The predicted octanol–water partition coefficient (Wildman–Crippen LogP) is 2.35. The second-order valence-electron chi connectivity index (χ2n) is 10.0. The number of nitrogens with zero attached hydrogens (tertiary/aromatic N) is 5. The van der Waals surface area contributed by atoms with Crippen LogP contribution < -0.4 is 20.2 Å². The number of esters is 1. The SMILES string of the molecule is CCN(CC)c1nc(N)nc2c1ncn2[C@@H]1O[C@@H]2C(OP(=O)(N[C@@H](C)C(=O)OC)Oc3ccccc3)[C@]2(O)[C@@]1(C)F. The number of nitrogen functional groups attached to an aromatic ring is 1. The van der Waals surface area contributed by atoms with Crippen LogP contribution in [0, 0.1) is 0 Å². The van der Waals surface area contributed by atoms with Gasteiger partial charge >= 0.3 is 13.7 Å². The van der Waals surface area contributed by atoms with E-state index in [4.69, 9.17) is 24.3 Å². The Kier molecular flexibility index (Phi) is 7.45. The Bertz CT molecular complexity index is 1490. The Balaban J connectivity index is 1.43. The summed E-state index contributed by atoms with van der Waals surface area (Å²) in [5.74, 6) is -0.116. The summed E-state index contributed by atoms with van der Waals surface area (Å²) < 4.78 is 53.7. The quantitative estimate of drug-likeness (QED) is 0.218. The zero-order chi connectivity index (χ0) is 29.7. The number of fused-ring (bicyclic) bond motifs is 2. The van der Waals surface area contributed by atoms with Gasteiger partial charge in [0.25, 0.3) is 0 Å². The van der Waals surface area contributed by atoms with Crippen LogP contribution in [0.1, 0.15) is 33.9 Å². The third-order valence-corrected chi connectivity index (χ3v) is 9.08. The molecule has 14 nitrogen and oxygen atoms in total. The van der Waals surface area contributed by atoms with Gasteiger partial charge in [-0.05, 0) is 39.8 Å². The maximum absolute atomic E-state index is 16.6. The molecule has 41 heavy (non-hydrogen) atoms. The van der Waals surface area contributed by atoms with E-state index < -0.39 is 49.5 Å². The van der Waals surface area contributed by atoms with Crippen LogP contribution in [0.5, 0.6) is 5.75 Å². The van der Waals surface area contributed by atoms with E-state index in [0.29, 0.717) is 24.4 Å². The number of methoxy groups -OCH3 is 1. The fourth-order valence-electron chi connectivity index (χ4n) is 5.12. The number of halogens is 1. The lowest BCUT2D eigenvalue weighted by molar-refractivity contribution is -0.142. The van der Waals surface area contributed by atoms with Crippen molar-refractivity contribution in [2.75, 3.05) is 30.8 Å². The Morgan fingerprint density at radius 2 is 2.00 bits per heavy atom. The number of nitrogens with two attached hydrogens (primary N) is 1. The van der Waals surface area contributed by atoms with Crippen LogP contribution in [-0.2, 0) is 23.4 Å². The maximum Gasteiger partial charge on any atom is 0.459 e. The molecule has 2 aromatic heterocycles. The number of rotatable bonds is 11. The molecule has 2 aliphatic rings. The van der Waals surface area contributed by atoms with Gasteiger partial charge in [-0.3, -0.25) is 13.9 Å². The minimum atomic E-state index is -4.38. The molecule has 3 heterocycles. The smallest absolute Gasteiger partial charge is 0.459 e. The number of ether oxygens (including phenoxy) is 2. The molecule has 2 unspecified atom stereocenters. The summed E-state index contributed by atoms with van der Waals surface area (Å²) in [6.07, 6.45) is -2.66. The van der Waals surface area contributed by atoms with Gasteiger partial charge in [-0.2, -0.15) is 15.1 Å². The summed E-state index contributed by atoms with van der Waals surface area (Å²) in [6.45, 7) is 7.71. The third kappa shape index (κ3) is 4.81. The fraction of sp³-hybridized carbons (Fsp3) is 0.520. The van der Waals surface area contributed by atoms with Gasteiger partial charge in [0.1, 0.15) is 24.0 Å². The van der Waals surface area contributed by atoms with Crippen LogP contribution >= 0.6 is 7.75 Å². The first kappa shape index (κ1) is 29.1. The second-order valence-corrected chi connectivity index (χ2v) is 11.7. The Hall–Kier alpha value is -3.36. The van der Waals surface area contributed by atoms with E-state index >= 15 is 4.39 Å². The number of hydrogen-bond donors (Lipinski definition) is 3. The van der Waals surface area contributed by atoms with Gasteiger partial charge in [-0.25, -0.2) is 13.9 Å². The number of para-hydroxylation sites is 1. The lowest BCUT2D eigenvalue weighted by Gasteiger charge is -2.31. The average Bonchev–Trinajstić information content (AvgIpc) is 3.18. The van der Waals surface area contributed by atoms with Crippen LogP contribution in [0.4, 0.5) is 16.2 Å². The normalized spacial score (nSPS) is 29.0. The molecule has 16 heteroatoms. The van der Waals surface area contributed by atoms with Crippen LogP contribution in [0.15, 0.2) is 36.7 Å². The first-order valence-electron chi connectivity index (χ1n) is 13.1. The highest BCUT2D eigenvalue weighted by molar-refractivity contribution is 7.52. The zero-order valence-electron chi connectivity index (χ0n) is 23.2. The van der Waals surface area contributed by atoms with E-state index in [0.717, 1.165) is 6.92 Å². The molecule has 0 radical (unpaired) electrons. The Morgan fingerprint density at radius 3 is 2.59 bits per heavy atom. The van der Waals surface area contributed by atoms with E-state index in [1.807, 2.05) is 18.7 Å². The summed E-state index contributed by atoms with van der Waals surface area (Å²) in [7, 11) is -3.21. The maximum atomic E-state index is 16.6. The molecule has 1 saturated heterocycles. The lowest BCUT2D eigenvalue weighted by atomic mass is 9.97. The molecule has 2 fully saturated rings. The number of alkyl halides is 1. The number of nitrogens with one attached hydrogen (secondary N) is 1. The van der Waals surface area contributed by atoms with Gasteiger partial charge in [-0.1, -0.05) is 18.2 Å². The van der Waals surface area contributed by atoms with Crippen LogP contribution in [0.3, 0.4) is 0 Å². The molecule has 5 rings (SSSR count). The molecular weight excluding hydrogens is 560 g/mol. The van der Waals surface area contributed by atoms with Crippen LogP contribution in [0.2, 0.25) is 0 Å².